The molecule has 0 spiro atoms. The van der Waals surface area contributed by atoms with Crippen molar-refractivity contribution >= 4 is 34.0 Å². The average Bonchev–Trinajstić information content (AvgIpc) is 3.26. The van der Waals surface area contributed by atoms with Crippen molar-refractivity contribution < 1.29 is 27.8 Å². The molecule has 0 aliphatic carbocycles. The zero-order chi connectivity index (χ0) is 19.2. The number of ether oxygens (including phenoxy) is 1. The van der Waals surface area contributed by atoms with Crippen molar-refractivity contribution in [2.24, 2.45) is 0 Å². The lowest BCUT2D eigenvalue weighted by molar-refractivity contribution is -0.137. The van der Waals surface area contributed by atoms with E-state index in [2.05, 4.69) is 10.1 Å². The van der Waals surface area contributed by atoms with Crippen molar-refractivity contribution in [2.75, 3.05) is 6.61 Å². The number of carboxylic acids is 1. The quantitative estimate of drug-likeness (QED) is 0.713. The van der Waals surface area contributed by atoms with Crippen molar-refractivity contribution in [1.82, 2.24) is 14.8 Å². The highest BCUT2D eigenvalue weighted by atomic mass is 32.1. The predicted octanol–water partition coefficient (Wildman–Crippen LogP) is 4.35. The molecule has 0 bridgehead atoms. The lowest BCUT2D eigenvalue weighted by atomic mass is 10.1. The fraction of sp³-hybridized carbons (Fsp3) is 0.235. The van der Waals surface area contributed by atoms with Crippen LogP contribution >= 0.6 is 11.3 Å². The highest BCUT2D eigenvalue weighted by molar-refractivity contribution is 7.12. The Labute approximate surface area is 154 Å². The number of aromatic nitrogens is 3. The van der Waals surface area contributed by atoms with E-state index in [1.165, 1.54) is 16.1 Å². The molecular weight excluding hydrogens is 383 g/mol. The van der Waals surface area contributed by atoms with Gasteiger partial charge in [-0.05, 0) is 37.1 Å². The summed E-state index contributed by atoms with van der Waals surface area (Å²) in [5.74, 6) is -0.719. The first kappa shape index (κ1) is 17.5. The summed E-state index contributed by atoms with van der Waals surface area (Å²) < 4.78 is 46.3. The lowest BCUT2D eigenvalue weighted by Gasteiger charge is -2.13. The number of nitrogens with zero attached hydrogens (tertiary/aromatic N) is 3. The highest BCUT2D eigenvalue weighted by Gasteiger charge is 2.32. The first-order valence-corrected chi connectivity index (χ1v) is 8.85. The minimum atomic E-state index is -4.51. The number of benzene rings is 1. The van der Waals surface area contributed by atoms with Crippen LogP contribution in [0.2, 0.25) is 0 Å². The van der Waals surface area contributed by atoms with Gasteiger partial charge in [-0.2, -0.15) is 18.3 Å². The Morgan fingerprint density at radius 2 is 2.15 bits per heavy atom. The van der Waals surface area contributed by atoms with E-state index >= 15 is 0 Å². The highest BCUT2D eigenvalue weighted by Crippen LogP contribution is 2.35. The summed E-state index contributed by atoms with van der Waals surface area (Å²) in [5.41, 5.74) is -0.428. The van der Waals surface area contributed by atoms with Crippen LogP contribution in [-0.2, 0) is 10.9 Å². The molecule has 1 aliphatic heterocycles. The average molecular weight is 395 g/mol. The normalized spacial score (nSPS) is 14.9. The van der Waals surface area contributed by atoms with Gasteiger partial charge in [-0.15, -0.1) is 11.3 Å². The van der Waals surface area contributed by atoms with Gasteiger partial charge < -0.3 is 9.84 Å². The Hall–Kier alpha value is -2.88. The minimum absolute atomic E-state index is 0.166. The summed E-state index contributed by atoms with van der Waals surface area (Å²) in [6.07, 6.45) is -1.03. The SMILES string of the molecule is O=C(O)c1csc(-n2nc(C3=CCCCO3)c3ccc(C(F)(F)F)cc32)n1. The van der Waals surface area contributed by atoms with E-state index in [9.17, 15) is 18.0 Å². The molecule has 1 N–H and O–H groups in total. The second-order valence-corrected chi connectivity index (χ2v) is 6.71. The third-order valence-corrected chi connectivity index (χ3v) is 4.89. The zero-order valence-electron chi connectivity index (χ0n) is 13.7. The molecule has 3 heterocycles. The van der Waals surface area contributed by atoms with Crippen LogP contribution in [0.3, 0.4) is 0 Å². The van der Waals surface area contributed by atoms with Crippen LogP contribution in [0.15, 0.2) is 29.7 Å². The molecule has 27 heavy (non-hydrogen) atoms. The standard InChI is InChI=1S/C17H12F3N3O3S/c18-17(19,20)9-4-5-10-12(7-9)23(16-21-11(8-27-16)15(24)25)22-14(10)13-3-1-2-6-26-13/h3-5,7-8H,1-2,6H2,(H,24,25). The maximum atomic E-state index is 13.2. The molecule has 6 nitrogen and oxygen atoms in total. The van der Waals surface area contributed by atoms with Crippen LogP contribution in [0.4, 0.5) is 13.2 Å². The van der Waals surface area contributed by atoms with Gasteiger partial charge in [0.05, 0.1) is 17.7 Å². The van der Waals surface area contributed by atoms with E-state index in [0.29, 0.717) is 23.4 Å². The number of carboxylic acid groups (broad SMARTS) is 1. The van der Waals surface area contributed by atoms with Gasteiger partial charge in [0.15, 0.2) is 5.69 Å². The number of rotatable bonds is 3. The van der Waals surface area contributed by atoms with E-state index in [1.807, 2.05) is 6.08 Å². The van der Waals surface area contributed by atoms with Crippen LogP contribution in [0, 0.1) is 0 Å². The number of allylic oxidation sites excluding steroid dienone is 1. The molecule has 0 unspecified atom stereocenters. The molecular formula is C17H12F3N3O3S. The molecule has 1 aliphatic rings. The summed E-state index contributed by atoms with van der Waals surface area (Å²) in [4.78, 5) is 15.0. The van der Waals surface area contributed by atoms with Gasteiger partial charge in [0.25, 0.3) is 0 Å². The van der Waals surface area contributed by atoms with E-state index in [4.69, 9.17) is 9.84 Å². The maximum Gasteiger partial charge on any atom is 0.416 e. The van der Waals surface area contributed by atoms with E-state index in [-0.39, 0.29) is 16.3 Å². The first-order chi connectivity index (χ1) is 12.8. The summed E-state index contributed by atoms with van der Waals surface area (Å²) in [5, 5.41) is 15.4. The molecule has 140 valence electrons. The third-order valence-electron chi connectivity index (χ3n) is 4.07. The molecule has 0 atom stereocenters. The van der Waals surface area contributed by atoms with E-state index in [0.717, 1.165) is 36.3 Å². The molecule has 0 saturated heterocycles. The summed E-state index contributed by atoms with van der Waals surface area (Å²) in [7, 11) is 0. The van der Waals surface area contributed by atoms with Crippen LogP contribution in [0.5, 0.6) is 0 Å². The Morgan fingerprint density at radius 3 is 2.78 bits per heavy atom. The smallest absolute Gasteiger partial charge is 0.416 e. The van der Waals surface area contributed by atoms with Crippen LogP contribution in [0.1, 0.15) is 34.6 Å². The van der Waals surface area contributed by atoms with Gasteiger partial charge in [-0.1, -0.05) is 0 Å². The van der Waals surface area contributed by atoms with Crippen molar-refractivity contribution in [1.29, 1.82) is 0 Å². The summed E-state index contributed by atoms with van der Waals surface area (Å²) in [6, 6.07) is 3.32. The van der Waals surface area contributed by atoms with Crippen molar-refractivity contribution in [3.05, 3.63) is 46.6 Å². The number of halogens is 3. The Balaban J connectivity index is 1.94. The summed E-state index contributed by atoms with van der Waals surface area (Å²) in [6.45, 7) is 0.501. The van der Waals surface area contributed by atoms with Gasteiger partial charge in [0, 0.05) is 10.8 Å². The molecule has 10 heteroatoms. The van der Waals surface area contributed by atoms with Crippen LogP contribution < -0.4 is 0 Å². The largest absolute Gasteiger partial charge is 0.492 e. The second kappa shape index (κ2) is 6.38. The number of thiazole rings is 1. The number of carbonyl (C=O) groups is 1. The zero-order valence-corrected chi connectivity index (χ0v) is 14.5. The number of fused-ring (bicyclic) bond motifs is 1. The molecule has 4 rings (SSSR count). The van der Waals surface area contributed by atoms with E-state index in [1.54, 1.807) is 0 Å². The van der Waals surface area contributed by atoms with Gasteiger partial charge in [0.1, 0.15) is 11.5 Å². The molecule has 0 amide bonds. The molecule has 1 aromatic carbocycles. The van der Waals surface area contributed by atoms with Crippen molar-refractivity contribution in [2.45, 2.75) is 19.0 Å². The molecule has 0 saturated carbocycles. The first-order valence-electron chi connectivity index (χ1n) is 7.97. The maximum absolute atomic E-state index is 13.2. The fourth-order valence-electron chi connectivity index (χ4n) is 2.80. The predicted molar refractivity (Wildman–Crippen MR) is 91.9 cm³/mol. The number of aromatic carboxylic acids is 1. The molecule has 0 fully saturated rings. The van der Waals surface area contributed by atoms with Gasteiger partial charge in [0.2, 0.25) is 5.13 Å². The Bertz CT molecular complexity index is 1070. The number of hydrogen-bond donors (Lipinski definition) is 1. The summed E-state index contributed by atoms with van der Waals surface area (Å²) >= 11 is 0.986. The van der Waals surface area contributed by atoms with Crippen molar-refractivity contribution in [3.8, 4) is 5.13 Å². The third kappa shape index (κ3) is 3.16. The topological polar surface area (TPSA) is 77.2 Å². The second-order valence-electron chi connectivity index (χ2n) is 5.87. The minimum Gasteiger partial charge on any atom is -0.492 e. The number of hydrogen-bond acceptors (Lipinski definition) is 5. The Morgan fingerprint density at radius 1 is 1.33 bits per heavy atom. The monoisotopic (exact) mass is 395 g/mol. The van der Waals surface area contributed by atoms with E-state index < -0.39 is 17.7 Å². The number of alkyl halides is 3. The van der Waals surface area contributed by atoms with Crippen LogP contribution in [-0.4, -0.2) is 32.4 Å². The molecule has 2 aromatic heterocycles. The van der Waals surface area contributed by atoms with Crippen LogP contribution in [0.25, 0.3) is 21.8 Å². The molecule has 3 aromatic rings. The Kier molecular flexibility index (Phi) is 4.14. The van der Waals surface area contributed by atoms with Gasteiger partial charge in [-0.25, -0.2) is 14.5 Å². The van der Waals surface area contributed by atoms with Gasteiger partial charge >= 0.3 is 12.1 Å². The fourth-order valence-corrected chi connectivity index (χ4v) is 3.56. The lowest BCUT2D eigenvalue weighted by Crippen LogP contribution is -2.05. The molecule has 0 radical (unpaired) electrons. The van der Waals surface area contributed by atoms with Crippen molar-refractivity contribution in [3.63, 3.8) is 0 Å². The van der Waals surface area contributed by atoms with Gasteiger partial charge in [-0.3, -0.25) is 0 Å².